The summed E-state index contributed by atoms with van der Waals surface area (Å²) in [6.45, 7) is 2.17. The van der Waals surface area contributed by atoms with Crippen molar-refractivity contribution in [2.75, 3.05) is 20.1 Å². The normalized spacial score (nSPS) is 20.8. The van der Waals surface area contributed by atoms with Crippen molar-refractivity contribution >= 4 is 0 Å². The number of hydrogen-bond donors (Lipinski definition) is 0. The molecule has 1 aliphatic rings. The Morgan fingerprint density at radius 2 is 2.18 bits per heavy atom. The molecule has 0 aliphatic carbocycles. The molecule has 0 N–H and O–H groups in total. The molecule has 1 unspecified atom stereocenters. The molecule has 0 bridgehead atoms. The molecule has 17 heavy (non-hydrogen) atoms. The Kier molecular flexibility index (Phi) is 4.00. The zero-order valence-corrected chi connectivity index (χ0v) is 10.2. The predicted molar refractivity (Wildman–Crippen MR) is 66.9 cm³/mol. The summed E-state index contributed by atoms with van der Waals surface area (Å²) < 4.78 is 5.93. The SMILES string of the molecule is CN1CCCC(Oc2ccc(CC#N)cc2)C1. The van der Waals surface area contributed by atoms with Gasteiger partial charge in [0.2, 0.25) is 0 Å². The second-order valence-electron chi connectivity index (χ2n) is 4.62. The molecule has 1 heterocycles. The molecule has 0 amide bonds. The number of benzene rings is 1. The summed E-state index contributed by atoms with van der Waals surface area (Å²) in [4.78, 5) is 2.30. The first-order valence-electron chi connectivity index (χ1n) is 6.09. The van der Waals surface area contributed by atoms with Gasteiger partial charge in [-0.1, -0.05) is 12.1 Å². The number of likely N-dealkylation sites (tertiary alicyclic amines) is 1. The summed E-state index contributed by atoms with van der Waals surface area (Å²) in [5.74, 6) is 0.909. The molecule has 3 nitrogen and oxygen atoms in total. The Hall–Kier alpha value is -1.53. The van der Waals surface area contributed by atoms with Gasteiger partial charge in [0.25, 0.3) is 0 Å². The van der Waals surface area contributed by atoms with Crippen molar-refractivity contribution in [2.45, 2.75) is 25.4 Å². The van der Waals surface area contributed by atoms with Crippen molar-refractivity contribution < 1.29 is 4.74 Å². The maximum absolute atomic E-state index is 8.59. The van der Waals surface area contributed by atoms with Gasteiger partial charge in [-0.05, 0) is 44.1 Å². The summed E-state index contributed by atoms with van der Waals surface area (Å²) in [7, 11) is 2.13. The molecular formula is C14H18N2O. The predicted octanol–water partition coefficient (Wildman–Crippen LogP) is 2.23. The third-order valence-electron chi connectivity index (χ3n) is 3.09. The van der Waals surface area contributed by atoms with Crippen molar-refractivity contribution in [3.8, 4) is 11.8 Å². The van der Waals surface area contributed by atoms with Gasteiger partial charge < -0.3 is 9.64 Å². The van der Waals surface area contributed by atoms with Crippen molar-refractivity contribution in [1.82, 2.24) is 4.90 Å². The van der Waals surface area contributed by atoms with Crippen LogP contribution in [0.1, 0.15) is 18.4 Å². The highest BCUT2D eigenvalue weighted by Gasteiger charge is 2.18. The Bertz CT molecular complexity index is 394. The maximum atomic E-state index is 8.59. The Morgan fingerprint density at radius 3 is 2.82 bits per heavy atom. The Labute approximate surface area is 103 Å². The fourth-order valence-corrected chi connectivity index (χ4v) is 2.18. The van der Waals surface area contributed by atoms with Gasteiger partial charge in [0.05, 0.1) is 12.5 Å². The van der Waals surface area contributed by atoms with Crippen LogP contribution in [0.5, 0.6) is 5.75 Å². The minimum absolute atomic E-state index is 0.301. The largest absolute Gasteiger partial charge is 0.489 e. The van der Waals surface area contributed by atoms with E-state index in [-0.39, 0.29) is 0 Å². The van der Waals surface area contributed by atoms with Gasteiger partial charge in [0, 0.05) is 6.54 Å². The van der Waals surface area contributed by atoms with E-state index in [1.165, 1.54) is 13.0 Å². The lowest BCUT2D eigenvalue weighted by atomic mass is 10.1. The minimum atomic E-state index is 0.301. The fraction of sp³-hybridized carbons (Fsp3) is 0.500. The molecule has 1 aromatic rings. The smallest absolute Gasteiger partial charge is 0.119 e. The zero-order valence-electron chi connectivity index (χ0n) is 10.2. The molecule has 2 rings (SSSR count). The highest BCUT2D eigenvalue weighted by molar-refractivity contribution is 5.28. The number of likely N-dealkylation sites (N-methyl/N-ethyl adjacent to an activating group) is 1. The monoisotopic (exact) mass is 230 g/mol. The number of rotatable bonds is 3. The van der Waals surface area contributed by atoms with Crippen LogP contribution < -0.4 is 4.74 Å². The Morgan fingerprint density at radius 1 is 1.41 bits per heavy atom. The third kappa shape index (κ3) is 3.47. The average molecular weight is 230 g/mol. The van der Waals surface area contributed by atoms with E-state index in [1.807, 2.05) is 24.3 Å². The van der Waals surface area contributed by atoms with Gasteiger partial charge in [-0.2, -0.15) is 5.26 Å². The highest BCUT2D eigenvalue weighted by Crippen LogP contribution is 2.18. The van der Waals surface area contributed by atoms with Gasteiger partial charge in [0.15, 0.2) is 0 Å². The number of piperidine rings is 1. The molecule has 1 saturated heterocycles. The molecule has 0 saturated carbocycles. The molecule has 1 aliphatic heterocycles. The molecular weight excluding hydrogens is 212 g/mol. The number of nitriles is 1. The summed E-state index contributed by atoms with van der Waals surface area (Å²) in [6.07, 6.45) is 3.10. The van der Waals surface area contributed by atoms with Crippen LogP contribution in [0, 0.1) is 11.3 Å². The van der Waals surface area contributed by atoms with E-state index in [1.54, 1.807) is 0 Å². The van der Waals surface area contributed by atoms with Crippen LogP contribution in [0.15, 0.2) is 24.3 Å². The molecule has 1 atom stereocenters. The van der Waals surface area contributed by atoms with Crippen LogP contribution in [0.3, 0.4) is 0 Å². The molecule has 3 heteroatoms. The van der Waals surface area contributed by atoms with E-state index < -0.39 is 0 Å². The summed E-state index contributed by atoms with van der Waals surface area (Å²) >= 11 is 0. The van der Waals surface area contributed by atoms with Crippen LogP contribution in [0.2, 0.25) is 0 Å². The molecule has 0 aromatic heterocycles. The van der Waals surface area contributed by atoms with Crippen LogP contribution in [-0.4, -0.2) is 31.1 Å². The lowest BCUT2D eigenvalue weighted by Crippen LogP contribution is -2.38. The summed E-state index contributed by atoms with van der Waals surface area (Å²) in [6, 6.07) is 9.99. The molecule has 90 valence electrons. The first-order valence-corrected chi connectivity index (χ1v) is 6.09. The van der Waals surface area contributed by atoms with E-state index in [2.05, 4.69) is 18.0 Å². The van der Waals surface area contributed by atoms with E-state index in [9.17, 15) is 0 Å². The van der Waals surface area contributed by atoms with E-state index in [0.29, 0.717) is 12.5 Å². The minimum Gasteiger partial charge on any atom is -0.489 e. The molecule has 0 spiro atoms. The van der Waals surface area contributed by atoms with Gasteiger partial charge >= 0.3 is 0 Å². The second-order valence-corrected chi connectivity index (χ2v) is 4.62. The third-order valence-corrected chi connectivity index (χ3v) is 3.09. The molecule has 1 fully saturated rings. The standard InChI is InChI=1S/C14H18N2O/c1-16-10-2-3-14(11-16)17-13-6-4-12(5-7-13)8-9-15/h4-7,14H,2-3,8,10-11H2,1H3. The van der Waals surface area contributed by atoms with Gasteiger partial charge in [-0.3, -0.25) is 0 Å². The second kappa shape index (κ2) is 5.70. The lowest BCUT2D eigenvalue weighted by Gasteiger charge is -2.30. The highest BCUT2D eigenvalue weighted by atomic mass is 16.5. The van der Waals surface area contributed by atoms with Crippen LogP contribution in [-0.2, 0) is 6.42 Å². The molecule has 1 aromatic carbocycles. The van der Waals surface area contributed by atoms with Crippen molar-refractivity contribution in [3.63, 3.8) is 0 Å². The van der Waals surface area contributed by atoms with Crippen LogP contribution in [0.25, 0.3) is 0 Å². The van der Waals surface area contributed by atoms with Crippen molar-refractivity contribution in [2.24, 2.45) is 0 Å². The quantitative estimate of drug-likeness (QED) is 0.799. The maximum Gasteiger partial charge on any atom is 0.119 e. The van der Waals surface area contributed by atoms with Crippen molar-refractivity contribution in [3.05, 3.63) is 29.8 Å². The molecule has 0 radical (unpaired) electrons. The lowest BCUT2D eigenvalue weighted by molar-refractivity contribution is 0.104. The summed E-state index contributed by atoms with van der Waals surface area (Å²) in [5, 5.41) is 8.59. The van der Waals surface area contributed by atoms with Crippen molar-refractivity contribution in [1.29, 1.82) is 5.26 Å². The van der Waals surface area contributed by atoms with Gasteiger partial charge in [-0.25, -0.2) is 0 Å². The first kappa shape index (κ1) is 11.9. The first-order chi connectivity index (χ1) is 8.28. The van der Waals surface area contributed by atoms with E-state index in [4.69, 9.17) is 10.00 Å². The van der Waals surface area contributed by atoms with Crippen LogP contribution >= 0.6 is 0 Å². The average Bonchev–Trinajstić information content (AvgIpc) is 2.32. The Balaban J connectivity index is 1.92. The van der Waals surface area contributed by atoms with E-state index >= 15 is 0 Å². The number of ether oxygens (including phenoxy) is 1. The topological polar surface area (TPSA) is 36.3 Å². The number of nitrogens with zero attached hydrogens (tertiary/aromatic N) is 2. The van der Waals surface area contributed by atoms with Crippen LogP contribution in [0.4, 0.5) is 0 Å². The fourth-order valence-electron chi connectivity index (χ4n) is 2.18. The summed E-state index contributed by atoms with van der Waals surface area (Å²) in [5.41, 5.74) is 1.04. The van der Waals surface area contributed by atoms with Gasteiger partial charge in [0.1, 0.15) is 11.9 Å². The van der Waals surface area contributed by atoms with Gasteiger partial charge in [-0.15, -0.1) is 0 Å². The number of hydrogen-bond acceptors (Lipinski definition) is 3. The van der Waals surface area contributed by atoms with E-state index in [0.717, 1.165) is 24.3 Å². The zero-order chi connectivity index (χ0) is 12.1.